The second-order valence-corrected chi connectivity index (χ2v) is 5.50. The average Bonchev–Trinajstić information content (AvgIpc) is 2.80. The average molecular weight is 292 g/mol. The molecule has 20 heavy (non-hydrogen) atoms. The van der Waals surface area contributed by atoms with Crippen molar-refractivity contribution in [3.05, 3.63) is 63.9 Å². The molecule has 1 heterocycles. The minimum absolute atomic E-state index is 0.0881. The summed E-state index contributed by atoms with van der Waals surface area (Å²) in [6, 6.07) is 10.1. The summed E-state index contributed by atoms with van der Waals surface area (Å²) in [4.78, 5) is 0. The van der Waals surface area contributed by atoms with Gasteiger partial charge in [0.2, 0.25) is 0 Å². The summed E-state index contributed by atoms with van der Waals surface area (Å²) in [5.74, 6) is 0.455. The molecule has 0 spiro atoms. The van der Waals surface area contributed by atoms with Gasteiger partial charge in [-0.25, -0.2) is 4.39 Å². The lowest BCUT2D eigenvalue weighted by Crippen LogP contribution is -2.13. The molecule has 104 valence electrons. The fourth-order valence-corrected chi connectivity index (χ4v) is 2.82. The smallest absolute Gasteiger partial charge is 0.142 e. The van der Waals surface area contributed by atoms with Gasteiger partial charge in [-0.2, -0.15) is 0 Å². The van der Waals surface area contributed by atoms with Crippen LogP contribution in [0.15, 0.2) is 36.4 Å². The van der Waals surface area contributed by atoms with Crippen molar-refractivity contribution in [1.82, 2.24) is 0 Å². The Kier molecular flexibility index (Phi) is 3.40. The number of hydrogen-bond donors (Lipinski definition) is 1. The van der Waals surface area contributed by atoms with E-state index >= 15 is 0 Å². The summed E-state index contributed by atoms with van der Waals surface area (Å²) in [5, 5.41) is 0.0881. The molecule has 0 saturated heterocycles. The van der Waals surface area contributed by atoms with Gasteiger partial charge in [0.05, 0.1) is 11.1 Å². The van der Waals surface area contributed by atoms with Gasteiger partial charge in [0.1, 0.15) is 17.7 Å². The molecule has 0 saturated carbocycles. The molecule has 0 radical (unpaired) electrons. The van der Waals surface area contributed by atoms with Gasteiger partial charge in [0, 0.05) is 6.42 Å². The monoisotopic (exact) mass is 291 g/mol. The lowest BCUT2D eigenvalue weighted by molar-refractivity contribution is 0.254. The first-order valence-electron chi connectivity index (χ1n) is 6.55. The van der Waals surface area contributed by atoms with Gasteiger partial charge in [0.25, 0.3) is 0 Å². The molecule has 2 atom stereocenters. The van der Waals surface area contributed by atoms with Crippen LogP contribution in [0.4, 0.5) is 4.39 Å². The maximum absolute atomic E-state index is 13.5. The molecule has 2 nitrogen and oxygen atoms in total. The summed E-state index contributed by atoms with van der Waals surface area (Å²) in [6.45, 7) is 2.03. The lowest BCUT2D eigenvalue weighted by atomic mass is 9.96. The van der Waals surface area contributed by atoms with Gasteiger partial charge in [-0.1, -0.05) is 35.9 Å². The fourth-order valence-electron chi connectivity index (χ4n) is 2.58. The Labute approximate surface area is 122 Å². The highest BCUT2D eigenvalue weighted by atomic mass is 35.5. The van der Waals surface area contributed by atoms with Crippen LogP contribution >= 0.6 is 11.6 Å². The first-order valence-corrected chi connectivity index (χ1v) is 6.93. The molecule has 1 aliphatic rings. The van der Waals surface area contributed by atoms with Gasteiger partial charge in [-0.3, -0.25) is 0 Å². The number of fused-ring (bicyclic) bond motifs is 1. The summed E-state index contributed by atoms with van der Waals surface area (Å²) < 4.78 is 19.2. The van der Waals surface area contributed by atoms with Crippen LogP contribution in [0, 0.1) is 5.82 Å². The van der Waals surface area contributed by atoms with E-state index in [4.69, 9.17) is 22.1 Å². The van der Waals surface area contributed by atoms with E-state index in [0.717, 1.165) is 23.3 Å². The van der Waals surface area contributed by atoms with E-state index < -0.39 is 11.9 Å². The van der Waals surface area contributed by atoms with Crippen molar-refractivity contribution < 1.29 is 9.13 Å². The standard InChI is InChI=1S/C16H15ClFNO/c1-9-7-11-8-10(5-6-14(11)20-9)16(19)12-3-2-4-13(18)15(12)17/h2-6,8-9,16H,7,19H2,1H3. The normalized spacial score (nSPS) is 18.5. The second-order valence-electron chi connectivity index (χ2n) is 5.12. The van der Waals surface area contributed by atoms with Crippen LogP contribution in [0.1, 0.15) is 29.7 Å². The van der Waals surface area contributed by atoms with Gasteiger partial charge in [-0.15, -0.1) is 0 Å². The van der Waals surface area contributed by atoms with Crippen molar-refractivity contribution in [3.8, 4) is 5.75 Å². The maximum atomic E-state index is 13.5. The molecule has 4 heteroatoms. The number of rotatable bonds is 2. The van der Waals surface area contributed by atoms with Crippen LogP contribution in [0.5, 0.6) is 5.75 Å². The van der Waals surface area contributed by atoms with Crippen LogP contribution in [0.2, 0.25) is 5.02 Å². The highest BCUT2D eigenvalue weighted by molar-refractivity contribution is 6.31. The molecule has 0 amide bonds. The van der Waals surface area contributed by atoms with E-state index in [1.807, 2.05) is 25.1 Å². The minimum atomic E-state index is -0.447. The van der Waals surface area contributed by atoms with Crippen molar-refractivity contribution in [2.24, 2.45) is 5.73 Å². The van der Waals surface area contributed by atoms with Crippen molar-refractivity contribution in [3.63, 3.8) is 0 Å². The number of nitrogens with two attached hydrogens (primary N) is 1. The van der Waals surface area contributed by atoms with Crippen LogP contribution in [-0.2, 0) is 6.42 Å². The number of ether oxygens (including phenoxy) is 1. The zero-order valence-corrected chi connectivity index (χ0v) is 11.8. The van der Waals surface area contributed by atoms with Gasteiger partial charge in [-0.05, 0) is 35.7 Å². The molecule has 2 aromatic rings. The molecule has 3 rings (SSSR count). The Bertz CT molecular complexity index is 659. The molecule has 0 aliphatic carbocycles. The van der Waals surface area contributed by atoms with E-state index in [2.05, 4.69) is 0 Å². The van der Waals surface area contributed by atoms with Gasteiger partial charge < -0.3 is 10.5 Å². The summed E-state index contributed by atoms with van der Waals surface area (Å²) in [5.41, 5.74) is 8.87. The summed E-state index contributed by atoms with van der Waals surface area (Å²) in [6.07, 6.45) is 1.06. The predicted octanol–water partition coefficient (Wildman–Crippen LogP) is 3.85. The molecular weight excluding hydrogens is 277 g/mol. The molecule has 2 aromatic carbocycles. The Hall–Kier alpha value is -1.58. The number of benzene rings is 2. The maximum Gasteiger partial charge on any atom is 0.142 e. The van der Waals surface area contributed by atoms with Crippen LogP contribution in [-0.4, -0.2) is 6.10 Å². The van der Waals surface area contributed by atoms with Crippen LogP contribution < -0.4 is 10.5 Å². The molecular formula is C16H15ClFNO. The molecule has 1 aliphatic heterocycles. The van der Waals surface area contributed by atoms with E-state index in [-0.39, 0.29) is 11.1 Å². The SMILES string of the molecule is CC1Cc2cc(C(N)c3cccc(F)c3Cl)ccc2O1. The summed E-state index contributed by atoms with van der Waals surface area (Å²) in [7, 11) is 0. The highest BCUT2D eigenvalue weighted by Gasteiger charge is 2.21. The van der Waals surface area contributed by atoms with E-state index in [0.29, 0.717) is 5.56 Å². The van der Waals surface area contributed by atoms with Crippen LogP contribution in [0.3, 0.4) is 0 Å². The quantitative estimate of drug-likeness (QED) is 0.912. The van der Waals surface area contributed by atoms with E-state index in [1.54, 1.807) is 12.1 Å². The van der Waals surface area contributed by atoms with Crippen LogP contribution in [0.25, 0.3) is 0 Å². The third kappa shape index (κ3) is 2.28. The Balaban J connectivity index is 1.97. The van der Waals surface area contributed by atoms with Crippen molar-refractivity contribution in [2.45, 2.75) is 25.5 Å². The van der Waals surface area contributed by atoms with Crippen molar-refractivity contribution >= 4 is 11.6 Å². The third-order valence-corrected chi connectivity index (χ3v) is 3.99. The zero-order valence-electron chi connectivity index (χ0n) is 11.1. The first-order chi connectivity index (χ1) is 9.56. The minimum Gasteiger partial charge on any atom is -0.490 e. The Morgan fingerprint density at radius 3 is 2.95 bits per heavy atom. The van der Waals surface area contributed by atoms with E-state index in [1.165, 1.54) is 6.07 Å². The Morgan fingerprint density at radius 1 is 1.35 bits per heavy atom. The highest BCUT2D eigenvalue weighted by Crippen LogP contribution is 2.34. The van der Waals surface area contributed by atoms with Crippen molar-refractivity contribution in [2.75, 3.05) is 0 Å². The first kappa shape index (κ1) is 13.4. The lowest BCUT2D eigenvalue weighted by Gasteiger charge is -2.15. The topological polar surface area (TPSA) is 35.2 Å². The molecule has 2 N–H and O–H groups in total. The largest absolute Gasteiger partial charge is 0.490 e. The third-order valence-electron chi connectivity index (χ3n) is 3.60. The zero-order chi connectivity index (χ0) is 14.3. The number of halogens is 2. The molecule has 0 aromatic heterocycles. The van der Waals surface area contributed by atoms with Crippen molar-refractivity contribution in [1.29, 1.82) is 0 Å². The number of hydrogen-bond acceptors (Lipinski definition) is 2. The Morgan fingerprint density at radius 2 is 2.15 bits per heavy atom. The summed E-state index contributed by atoms with van der Waals surface area (Å²) >= 11 is 6.00. The molecule has 0 bridgehead atoms. The molecule has 2 unspecified atom stereocenters. The second kappa shape index (κ2) is 5.08. The predicted molar refractivity (Wildman–Crippen MR) is 77.7 cm³/mol. The molecule has 0 fully saturated rings. The van der Waals surface area contributed by atoms with Gasteiger partial charge >= 0.3 is 0 Å². The van der Waals surface area contributed by atoms with E-state index in [9.17, 15) is 4.39 Å². The fraction of sp³-hybridized carbons (Fsp3) is 0.250. The van der Waals surface area contributed by atoms with Gasteiger partial charge in [0.15, 0.2) is 0 Å².